The van der Waals surface area contributed by atoms with Crippen molar-refractivity contribution >= 4 is 11.6 Å². The van der Waals surface area contributed by atoms with E-state index in [1.807, 2.05) is 61.5 Å². The summed E-state index contributed by atoms with van der Waals surface area (Å²) in [5, 5.41) is 2.99. The molecule has 1 N–H and O–H groups in total. The van der Waals surface area contributed by atoms with Gasteiger partial charge in [0.25, 0.3) is 0 Å². The Morgan fingerprint density at radius 1 is 0.960 bits per heavy atom. The maximum atomic E-state index is 12.5. The van der Waals surface area contributed by atoms with Crippen LogP contribution in [-0.2, 0) is 4.79 Å². The van der Waals surface area contributed by atoms with E-state index in [0.717, 1.165) is 43.4 Å². The van der Waals surface area contributed by atoms with Gasteiger partial charge in [0.1, 0.15) is 11.5 Å². The lowest BCUT2D eigenvalue weighted by Crippen LogP contribution is -2.51. The number of hydrogen-bond acceptors (Lipinski definition) is 4. The Hall–Kier alpha value is -2.37. The van der Waals surface area contributed by atoms with Crippen LogP contribution >= 0.6 is 0 Å². The molecule has 1 saturated heterocycles. The molecule has 25 heavy (non-hydrogen) atoms. The lowest BCUT2D eigenvalue weighted by molar-refractivity contribution is -0.121. The minimum Gasteiger partial charge on any atom is -0.457 e. The van der Waals surface area contributed by atoms with Crippen LogP contribution in [0.25, 0.3) is 0 Å². The number of piperazine rings is 1. The molecule has 0 radical (unpaired) electrons. The number of carbonyl (C=O) groups is 1. The van der Waals surface area contributed by atoms with E-state index in [9.17, 15) is 4.79 Å². The van der Waals surface area contributed by atoms with Gasteiger partial charge in [0.2, 0.25) is 5.91 Å². The zero-order valence-corrected chi connectivity index (χ0v) is 14.8. The standard InChI is InChI=1S/C20H25N3O2/c1-16(23-14-12-22(2)13-15-23)20(24)21-17-8-10-19(11-9-17)25-18-6-4-3-5-7-18/h3-11,16H,12-15H2,1-2H3,(H,21,24)/t16-/m0/s1. The largest absolute Gasteiger partial charge is 0.457 e. The molecule has 0 unspecified atom stereocenters. The van der Waals surface area contributed by atoms with Crippen molar-refractivity contribution in [3.63, 3.8) is 0 Å². The number of likely N-dealkylation sites (N-methyl/N-ethyl adjacent to an activating group) is 1. The first kappa shape index (κ1) is 17.5. The minimum absolute atomic E-state index is 0.0290. The molecule has 2 aromatic carbocycles. The number of hydrogen-bond donors (Lipinski definition) is 1. The summed E-state index contributed by atoms with van der Waals surface area (Å²) < 4.78 is 5.77. The van der Waals surface area contributed by atoms with Crippen molar-refractivity contribution in [2.24, 2.45) is 0 Å². The number of ether oxygens (including phenoxy) is 1. The smallest absolute Gasteiger partial charge is 0.241 e. The van der Waals surface area contributed by atoms with E-state index in [1.54, 1.807) is 0 Å². The fourth-order valence-electron chi connectivity index (χ4n) is 2.85. The summed E-state index contributed by atoms with van der Waals surface area (Å²) in [6.07, 6.45) is 0. The summed E-state index contributed by atoms with van der Waals surface area (Å²) in [5.74, 6) is 1.57. The lowest BCUT2D eigenvalue weighted by Gasteiger charge is -2.35. The van der Waals surface area contributed by atoms with Gasteiger partial charge in [-0.15, -0.1) is 0 Å². The third kappa shape index (κ3) is 4.81. The number of anilines is 1. The van der Waals surface area contributed by atoms with Gasteiger partial charge in [0, 0.05) is 31.9 Å². The molecule has 1 aliphatic heterocycles. The molecule has 0 spiro atoms. The van der Waals surface area contributed by atoms with Gasteiger partial charge in [-0.25, -0.2) is 0 Å². The average molecular weight is 339 g/mol. The van der Waals surface area contributed by atoms with Crippen molar-refractivity contribution < 1.29 is 9.53 Å². The Balaban J connectivity index is 1.54. The van der Waals surface area contributed by atoms with Crippen LogP contribution in [0.2, 0.25) is 0 Å². The summed E-state index contributed by atoms with van der Waals surface area (Å²) >= 11 is 0. The SMILES string of the molecule is C[C@@H](C(=O)Nc1ccc(Oc2ccccc2)cc1)N1CCN(C)CC1. The normalized spacial score (nSPS) is 17.0. The maximum absolute atomic E-state index is 12.5. The van der Waals surface area contributed by atoms with Crippen LogP contribution in [0.3, 0.4) is 0 Å². The predicted molar refractivity (Wildman–Crippen MR) is 100 cm³/mol. The molecule has 2 aromatic rings. The second-order valence-corrected chi connectivity index (χ2v) is 6.44. The number of para-hydroxylation sites is 1. The highest BCUT2D eigenvalue weighted by Gasteiger charge is 2.24. The fraction of sp³-hybridized carbons (Fsp3) is 0.350. The Morgan fingerprint density at radius 2 is 1.56 bits per heavy atom. The summed E-state index contributed by atoms with van der Waals surface area (Å²) in [6.45, 7) is 5.82. The van der Waals surface area contributed by atoms with E-state index in [1.165, 1.54) is 0 Å². The minimum atomic E-state index is -0.131. The zero-order chi connectivity index (χ0) is 17.6. The van der Waals surface area contributed by atoms with Crippen LogP contribution in [0.5, 0.6) is 11.5 Å². The van der Waals surface area contributed by atoms with Crippen molar-refractivity contribution in [1.29, 1.82) is 0 Å². The number of nitrogens with one attached hydrogen (secondary N) is 1. The number of benzene rings is 2. The quantitative estimate of drug-likeness (QED) is 0.909. The van der Waals surface area contributed by atoms with Gasteiger partial charge in [-0.1, -0.05) is 18.2 Å². The van der Waals surface area contributed by atoms with Gasteiger partial charge in [0.15, 0.2) is 0 Å². The lowest BCUT2D eigenvalue weighted by atomic mass is 10.2. The van der Waals surface area contributed by atoms with E-state index in [4.69, 9.17) is 4.74 Å². The first-order valence-corrected chi connectivity index (χ1v) is 8.68. The van der Waals surface area contributed by atoms with Crippen molar-refractivity contribution in [2.75, 3.05) is 38.5 Å². The first-order valence-electron chi connectivity index (χ1n) is 8.68. The third-order valence-corrected chi connectivity index (χ3v) is 4.57. The Labute approximate surface area is 149 Å². The molecule has 1 atom stereocenters. The molecule has 0 bridgehead atoms. The van der Waals surface area contributed by atoms with Gasteiger partial charge in [-0.05, 0) is 50.4 Å². The second-order valence-electron chi connectivity index (χ2n) is 6.44. The van der Waals surface area contributed by atoms with Crippen LogP contribution in [0.15, 0.2) is 54.6 Å². The van der Waals surface area contributed by atoms with Crippen LogP contribution in [0.4, 0.5) is 5.69 Å². The molecule has 3 rings (SSSR count). The molecule has 1 aliphatic rings. The molecule has 132 valence electrons. The molecule has 5 heteroatoms. The second kappa shape index (κ2) is 8.14. The molecule has 0 aliphatic carbocycles. The first-order chi connectivity index (χ1) is 12.1. The predicted octanol–water partition coefficient (Wildman–Crippen LogP) is 3.05. The Bertz CT molecular complexity index is 680. The van der Waals surface area contributed by atoms with Crippen molar-refractivity contribution in [3.8, 4) is 11.5 Å². The van der Waals surface area contributed by atoms with E-state index in [0.29, 0.717) is 0 Å². The van der Waals surface area contributed by atoms with E-state index < -0.39 is 0 Å². The summed E-state index contributed by atoms with van der Waals surface area (Å²) in [4.78, 5) is 17.0. The highest BCUT2D eigenvalue weighted by molar-refractivity contribution is 5.94. The molecular formula is C20H25N3O2. The van der Waals surface area contributed by atoms with Crippen LogP contribution < -0.4 is 10.1 Å². The third-order valence-electron chi connectivity index (χ3n) is 4.57. The maximum Gasteiger partial charge on any atom is 0.241 e. The molecule has 1 heterocycles. The summed E-state index contributed by atoms with van der Waals surface area (Å²) in [5.41, 5.74) is 0.784. The van der Waals surface area contributed by atoms with Crippen molar-refractivity contribution in [2.45, 2.75) is 13.0 Å². The van der Waals surface area contributed by atoms with Crippen molar-refractivity contribution in [1.82, 2.24) is 9.80 Å². The van der Waals surface area contributed by atoms with E-state index in [2.05, 4.69) is 22.2 Å². The van der Waals surface area contributed by atoms with Crippen LogP contribution in [0.1, 0.15) is 6.92 Å². The summed E-state index contributed by atoms with van der Waals surface area (Å²) in [7, 11) is 2.11. The number of carbonyl (C=O) groups excluding carboxylic acids is 1. The topological polar surface area (TPSA) is 44.8 Å². The fourth-order valence-corrected chi connectivity index (χ4v) is 2.85. The van der Waals surface area contributed by atoms with Gasteiger partial charge < -0.3 is 15.0 Å². The molecule has 0 aromatic heterocycles. The monoisotopic (exact) mass is 339 g/mol. The Kier molecular flexibility index (Phi) is 5.68. The number of amides is 1. The molecule has 5 nitrogen and oxygen atoms in total. The van der Waals surface area contributed by atoms with Crippen molar-refractivity contribution in [3.05, 3.63) is 54.6 Å². The van der Waals surface area contributed by atoms with Gasteiger partial charge >= 0.3 is 0 Å². The molecule has 1 amide bonds. The zero-order valence-electron chi connectivity index (χ0n) is 14.8. The molecule has 1 fully saturated rings. The highest BCUT2D eigenvalue weighted by Crippen LogP contribution is 2.22. The van der Waals surface area contributed by atoms with Crippen LogP contribution in [0, 0.1) is 0 Å². The molecule has 0 saturated carbocycles. The van der Waals surface area contributed by atoms with Gasteiger partial charge in [0.05, 0.1) is 6.04 Å². The Morgan fingerprint density at radius 3 is 2.20 bits per heavy atom. The van der Waals surface area contributed by atoms with E-state index in [-0.39, 0.29) is 11.9 Å². The number of nitrogens with zero attached hydrogens (tertiary/aromatic N) is 2. The summed E-state index contributed by atoms with van der Waals surface area (Å²) in [6, 6.07) is 17.0. The van der Waals surface area contributed by atoms with E-state index >= 15 is 0 Å². The van der Waals surface area contributed by atoms with Gasteiger partial charge in [-0.3, -0.25) is 9.69 Å². The van der Waals surface area contributed by atoms with Gasteiger partial charge in [-0.2, -0.15) is 0 Å². The highest BCUT2D eigenvalue weighted by atomic mass is 16.5. The number of rotatable bonds is 5. The average Bonchev–Trinajstić information content (AvgIpc) is 2.64. The van der Waals surface area contributed by atoms with Crippen LogP contribution in [-0.4, -0.2) is 55.0 Å². The molecular weight excluding hydrogens is 314 g/mol.